The molecule has 0 amide bonds. The maximum Gasteiger partial charge on any atom is 0.306 e. The van der Waals surface area contributed by atoms with Gasteiger partial charge in [-0.05, 0) is 25.3 Å². The van der Waals surface area contributed by atoms with Crippen LogP contribution in [0.2, 0.25) is 0 Å². The molecule has 0 bridgehead atoms. The lowest BCUT2D eigenvalue weighted by Crippen LogP contribution is -2.28. The second kappa shape index (κ2) is 7.95. The highest BCUT2D eigenvalue weighted by molar-refractivity contribution is 5.69. The third kappa shape index (κ3) is 6.97. The molecule has 1 aromatic carbocycles. The Bertz CT molecular complexity index is 401. The van der Waals surface area contributed by atoms with E-state index >= 15 is 0 Å². The zero-order valence-electron chi connectivity index (χ0n) is 12.4. The van der Waals surface area contributed by atoms with Crippen molar-refractivity contribution in [2.24, 2.45) is 5.92 Å². The van der Waals surface area contributed by atoms with Crippen LogP contribution in [-0.2, 0) is 16.1 Å². The Hall–Kier alpha value is -1.35. The molecule has 1 unspecified atom stereocenters. The topological polar surface area (TPSA) is 38.3 Å². The molecule has 0 aliphatic heterocycles. The van der Waals surface area contributed by atoms with Crippen molar-refractivity contribution >= 4 is 5.97 Å². The number of esters is 1. The second-order valence-corrected chi connectivity index (χ2v) is 5.52. The molecule has 3 nitrogen and oxygen atoms in total. The van der Waals surface area contributed by atoms with Gasteiger partial charge in [0.15, 0.2) is 0 Å². The van der Waals surface area contributed by atoms with Crippen LogP contribution in [0.4, 0.5) is 0 Å². The molecule has 1 atom stereocenters. The number of hydrogen-bond donors (Lipinski definition) is 1. The molecule has 1 aromatic rings. The van der Waals surface area contributed by atoms with Crippen LogP contribution in [-0.4, -0.2) is 18.6 Å². The summed E-state index contributed by atoms with van der Waals surface area (Å²) in [6.45, 7) is 9.51. The summed E-state index contributed by atoms with van der Waals surface area (Å²) < 4.78 is 5.32. The summed E-state index contributed by atoms with van der Waals surface area (Å²) in [6.07, 6.45) is 0.401. The van der Waals surface area contributed by atoms with Crippen molar-refractivity contribution in [1.82, 2.24) is 5.32 Å². The van der Waals surface area contributed by atoms with Gasteiger partial charge in [0.05, 0.1) is 0 Å². The quantitative estimate of drug-likeness (QED) is 0.768. The average Bonchev–Trinajstić information content (AvgIpc) is 2.27. The van der Waals surface area contributed by atoms with E-state index < -0.39 is 0 Å². The molecular formula is C16H25NO2. The van der Waals surface area contributed by atoms with E-state index in [1.165, 1.54) is 11.1 Å². The predicted octanol–water partition coefficient (Wildman–Crippen LogP) is 3.06. The van der Waals surface area contributed by atoms with Crippen LogP contribution in [0.1, 0.15) is 38.3 Å². The molecule has 3 heteroatoms. The highest BCUT2D eigenvalue weighted by Gasteiger charge is 2.10. The maximum atomic E-state index is 11.5. The lowest BCUT2D eigenvalue weighted by molar-refractivity contribution is -0.148. The summed E-state index contributed by atoms with van der Waals surface area (Å²) in [7, 11) is 0. The fourth-order valence-electron chi connectivity index (χ4n) is 1.89. The van der Waals surface area contributed by atoms with Gasteiger partial charge >= 0.3 is 5.97 Å². The van der Waals surface area contributed by atoms with E-state index in [1.54, 1.807) is 0 Å². The van der Waals surface area contributed by atoms with Gasteiger partial charge in [-0.2, -0.15) is 0 Å². The minimum atomic E-state index is -0.111. The first-order valence-corrected chi connectivity index (χ1v) is 6.93. The molecule has 0 spiro atoms. The first-order valence-electron chi connectivity index (χ1n) is 6.93. The number of aryl methyl sites for hydroxylation is 1. The van der Waals surface area contributed by atoms with Gasteiger partial charge in [0.25, 0.3) is 0 Å². The van der Waals surface area contributed by atoms with Crippen molar-refractivity contribution in [1.29, 1.82) is 0 Å². The van der Waals surface area contributed by atoms with Crippen molar-refractivity contribution in [2.75, 3.05) is 6.54 Å². The molecular weight excluding hydrogens is 238 g/mol. The predicted molar refractivity (Wildman–Crippen MR) is 77.9 cm³/mol. The number of carbonyl (C=O) groups excluding carboxylic acids is 1. The van der Waals surface area contributed by atoms with Gasteiger partial charge in [0.2, 0.25) is 0 Å². The molecule has 0 saturated heterocycles. The van der Waals surface area contributed by atoms with Crippen LogP contribution >= 0.6 is 0 Å². The monoisotopic (exact) mass is 263 g/mol. The van der Waals surface area contributed by atoms with Crippen molar-refractivity contribution in [3.05, 3.63) is 35.4 Å². The molecule has 0 aliphatic carbocycles. The number of ether oxygens (including phenoxy) is 1. The minimum absolute atomic E-state index is 0.0870. The highest BCUT2D eigenvalue weighted by Crippen LogP contribution is 2.05. The molecule has 1 rings (SSSR count). The van der Waals surface area contributed by atoms with E-state index in [4.69, 9.17) is 4.74 Å². The van der Waals surface area contributed by atoms with Crippen LogP contribution in [0.25, 0.3) is 0 Å². The zero-order valence-corrected chi connectivity index (χ0v) is 12.4. The molecule has 19 heavy (non-hydrogen) atoms. The Morgan fingerprint density at radius 1 is 1.32 bits per heavy atom. The largest absolute Gasteiger partial charge is 0.461 e. The van der Waals surface area contributed by atoms with Gasteiger partial charge in [-0.25, -0.2) is 0 Å². The van der Waals surface area contributed by atoms with E-state index in [9.17, 15) is 4.79 Å². The molecule has 0 fully saturated rings. The van der Waals surface area contributed by atoms with Crippen molar-refractivity contribution < 1.29 is 9.53 Å². The number of carbonyl (C=O) groups is 1. The first kappa shape index (κ1) is 15.7. The zero-order chi connectivity index (χ0) is 14.3. The summed E-state index contributed by atoms with van der Waals surface area (Å²) in [5, 5.41) is 3.31. The summed E-state index contributed by atoms with van der Waals surface area (Å²) in [4.78, 5) is 11.5. The summed E-state index contributed by atoms with van der Waals surface area (Å²) >= 11 is 0. The van der Waals surface area contributed by atoms with E-state index in [0.717, 1.165) is 6.54 Å². The fraction of sp³-hybridized carbons (Fsp3) is 0.562. The maximum absolute atomic E-state index is 11.5. The van der Waals surface area contributed by atoms with E-state index in [2.05, 4.69) is 36.5 Å². The number of hydrogen-bond acceptors (Lipinski definition) is 3. The van der Waals surface area contributed by atoms with Crippen molar-refractivity contribution in [2.45, 2.75) is 46.8 Å². The Labute approximate surface area is 116 Å². The molecule has 0 saturated carbocycles. The van der Waals surface area contributed by atoms with Crippen LogP contribution < -0.4 is 5.32 Å². The molecule has 1 N–H and O–H groups in total. The van der Waals surface area contributed by atoms with Crippen molar-refractivity contribution in [3.8, 4) is 0 Å². The minimum Gasteiger partial charge on any atom is -0.461 e. The van der Waals surface area contributed by atoms with E-state index in [1.807, 2.05) is 20.8 Å². The van der Waals surface area contributed by atoms with E-state index in [0.29, 0.717) is 18.9 Å². The third-order valence-electron chi connectivity index (χ3n) is 2.75. The van der Waals surface area contributed by atoms with Gasteiger partial charge in [-0.15, -0.1) is 0 Å². The summed E-state index contributed by atoms with van der Waals surface area (Å²) in [5.74, 6) is 0.236. The van der Waals surface area contributed by atoms with Crippen LogP contribution in [0.15, 0.2) is 24.3 Å². The second-order valence-electron chi connectivity index (χ2n) is 5.52. The van der Waals surface area contributed by atoms with Gasteiger partial charge < -0.3 is 10.1 Å². The van der Waals surface area contributed by atoms with Crippen LogP contribution in [0.5, 0.6) is 0 Å². The van der Waals surface area contributed by atoms with Gasteiger partial charge in [-0.3, -0.25) is 4.79 Å². The number of nitrogens with one attached hydrogen (secondary N) is 1. The summed E-state index contributed by atoms with van der Waals surface area (Å²) in [6, 6.07) is 8.39. The van der Waals surface area contributed by atoms with Crippen LogP contribution in [0.3, 0.4) is 0 Å². The van der Waals surface area contributed by atoms with Crippen molar-refractivity contribution in [3.63, 3.8) is 0 Å². The lowest BCUT2D eigenvalue weighted by Gasteiger charge is -2.15. The average molecular weight is 263 g/mol. The van der Waals surface area contributed by atoms with Gasteiger partial charge in [-0.1, -0.05) is 43.7 Å². The van der Waals surface area contributed by atoms with Gasteiger partial charge in [0.1, 0.15) is 6.10 Å². The van der Waals surface area contributed by atoms with E-state index in [-0.39, 0.29) is 12.1 Å². The van der Waals surface area contributed by atoms with Crippen LogP contribution in [0, 0.1) is 12.8 Å². The molecule has 0 aromatic heterocycles. The Morgan fingerprint density at radius 2 is 2.05 bits per heavy atom. The third-order valence-corrected chi connectivity index (χ3v) is 2.75. The molecule has 0 aliphatic rings. The van der Waals surface area contributed by atoms with Gasteiger partial charge in [0, 0.05) is 19.5 Å². The fourth-order valence-corrected chi connectivity index (χ4v) is 1.89. The lowest BCUT2D eigenvalue weighted by atomic mass is 10.1. The molecule has 0 radical (unpaired) electrons. The Balaban J connectivity index is 2.23. The number of rotatable bonds is 7. The SMILES string of the molecule is Cc1cccc(CNCC(C)OC(=O)CC(C)C)c1. The standard InChI is InChI=1S/C16H25NO2/c1-12(2)8-16(18)19-14(4)10-17-11-15-7-5-6-13(3)9-15/h5-7,9,12,14,17H,8,10-11H2,1-4H3. The Morgan fingerprint density at radius 3 is 2.68 bits per heavy atom. The first-order chi connectivity index (χ1) is 8.97. The normalized spacial score (nSPS) is 12.5. The number of benzene rings is 1. The highest BCUT2D eigenvalue weighted by atomic mass is 16.5. The molecule has 106 valence electrons. The smallest absolute Gasteiger partial charge is 0.306 e. The summed E-state index contributed by atoms with van der Waals surface area (Å²) in [5.41, 5.74) is 2.51. The Kier molecular flexibility index (Phi) is 6.57. The molecule has 0 heterocycles.